The highest BCUT2D eigenvalue weighted by Gasteiger charge is 2.15. The van der Waals surface area contributed by atoms with Crippen molar-refractivity contribution in [3.8, 4) is 17.0 Å². The van der Waals surface area contributed by atoms with Crippen molar-refractivity contribution in [3.63, 3.8) is 0 Å². The molecular weight excluding hydrogens is 590 g/mol. The molecule has 0 bridgehead atoms. The van der Waals surface area contributed by atoms with Gasteiger partial charge in [-0.05, 0) is 62.1 Å². The second-order valence-electron chi connectivity index (χ2n) is 9.28. The molecule has 40 heavy (non-hydrogen) atoms. The van der Waals surface area contributed by atoms with E-state index in [2.05, 4.69) is 36.1 Å². The van der Waals surface area contributed by atoms with Gasteiger partial charge in [0.1, 0.15) is 11.6 Å². The van der Waals surface area contributed by atoms with E-state index < -0.39 is 10.0 Å². The molecule has 0 saturated heterocycles. The van der Waals surface area contributed by atoms with Gasteiger partial charge in [-0.3, -0.25) is 0 Å². The molecule has 3 N–H and O–H groups in total. The third-order valence-electron chi connectivity index (χ3n) is 6.57. The SMILES string of the molecule is O=S(=O)(NCc1cccc(CNc2cc(-c3ccccc3O)nc3c(Br)cnn23)c1)c1ccc2ccccc2c1. The summed E-state index contributed by atoms with van der Waals surface area (Å²) in [6.45, 7) is 0.619. The number of anilines is 1. The number of rotatable bonds is 8. The quantitative estimate of drug-likeness (QED) is 0.191. The molecule has 8 nitrogen and oxygen atoms in total. The van der Waals surface area contributed by atoms with Crippen LogP contribution in [-0.4, -0.2) is 28.1 Å². The summed E-state index contributed by atoms with van der Waals surface area (Å²) in [6, 6.07) is 29.4. The second-order valence-corrected chi connectivity index (χ2v) is 11.9. The summed E-state index contributed by atoms with van der Waals surface area (Å²) in [7, 11) is -3.68. The molecule has 6 aromatic rings. The first-order valence-corrected chi connectivity index (χ1v) is 14.8. The normalized spacial score (nSPS) is 11.7. The maximum absolute atomic E-state index is 13.0. The van der Waals surface area contributed by atoms with Crippen LogP contribution in [0.3, 0.4) is 0 Å². The van der Waals surface area contributed by atoms with E-state index in [0.717, 1.165) is 26.4 Å². The average molecular weight is 615 g/mol. The Morgan fingerprint density at radius 3 is 2.40 bits per heavy atom. The standard InChI is InChI=1S/C30H24BrN5O3S/c31-26-19-33-36-29(16-27(35-30(26)36)25-10-3-4-11-28(25)37)32-17-20-6-5-7-21(14-20)18-34-40(38,39)24-13-12-22-8-1-2-9-23(22)15-24/h1-16,19,32,34,37H,17-18H2. The summed E-state index contributed by atoms with van der Waals surface area (Å²) in [5.74, 6) is 0.830. The van der Waals surface area contributed by atoms with E-state index in [9.17, 15) is 13.5 Å². The number of phenols is 1. The molecule has 200 valence electrons. The minimum Gasteiger partial charge on any atom is -0.507 e. The Balaban J connectivity index is 1.20. The zero-order chi connectivity index (χ0) is 27.7. The fraction of sp³-hybridized carbons (Fsp3) is 0.0667. The molecule has 0 spiro atoms. The number of nitrogens with one attached hydrogen (secondary N) is 2. The number of fused-ring (bicyclic) bond motifs is 2. The molecular formula is C30H24BrN5O3S. The second kappa shape index (κ2) is 10.7. The number of sulfonamides is 1. The van der Waals surface area contributed by atoms with Gasteiger partial charge < -0.3 is 10.4 Å². The monoisotopic (exact) mass is 613 g/mol. The molecule has 0 atom stereocenters. The van der Waals surface area contributed by atoms with Crippen LogP contribution in [-0.2, 0) is 23.1 Å². The van der Waals surface area contributed by atoms with Gasteiger partial charge in [-0.25, -0.2) is 18.1 Å². The number of nitrogens with zero attached hydrogens (tertiary/aromatic N) is 3. The molecule has 0 radical (unpaired) electrons. The number of aromatic hydroxyl groups is 1. The van der Waals surface area contributed by atoms with Crippen LogP contribution in [0, 0.1) is 0 Å². The topological polar surface area (TPSA) is 109 Å². The summed E-state index contributed by atoms with van der Waals surface area (Å²) >= 11 is 3.50. The number of benzene rings is 4. The Bertz CT molecular complexity index is 1970. The highest BCUT2D eigenvalue weighted by Crippen LogP contribution is 2.31. The molecule has 10 heteroatoms. The largest absolute Gasteiger partial charge is 0.507 e. The summed E-state index contributed by atoms with van der Waals surface area (Å²) < 4.78 is 31.1. The molecule has 0 saturated carbocycles. The van der Waals surface area contributed by atoms with Gasteiger partial charge in [0.15, 0.2) is 5.65 Å². The Labute approximate surface area is 239 Å². The van der Waals surface area contributed by atoms with E-state index in [1.807, 2.05) is 72.8 Å². The number of hydrogen-bond acceptors (Lipinski definition) is 6. The minimum atomic E-state index is -3.68. The van der Waals surface area contributed by atoms with E-state index in [0.29, 0.717) is 29.3 Å². The van der Waals surface area contributed by atoms with Crippen molar-refractivity contribution in [2.45, 2.75) is 18.0 Å². The number of halogens is 1. The maximum atomic E-state index is 13.0. The first-order valence-electron chi connectivity index (χ1n) is 12.5. The van der Waals surface area contributed by atoms with Gasteiger partial charge in [-0.2, -0.15) is 9.61 Å². The molecule has 0 aliphatic carbocycles. The zero-order valence-corrected chi connectivity index (χ0v) is 23.5. The van der Waals surface area contributed by atoms with Crippen molar-refractivity contribution in [1.29, 1.82) is 0 Å². The summed E-state index contributed by atoms with van der Waals surface area (Å²) in [6.07, 6.45) is 1.67. The fourth-order valence-corrected chi connectivity index (χ4v) is 5.93. The van der Waals surface area contributed by atoms with Crippen LogP contribution in [0.2, 0.25) is 0 Å². The molecule has 2 heterocycles. The molecule has 6 rings (SSSR count). The summed E-state index contributed by atoms with van der Waals surface area (Å²) in [5, 5.41) is 20.1. The first-order chi connectivity index (χ1) is 19.4. The zero-order valence-electron chi connectivity index (χ0n) is 21.1. The van der Waals surface area contributed by atoms with E-state index in [1.54, 1.807) is 35.0 Å². The lowest BCUT2D eigenvalue weighted by atomic mass is 10.1. The highest BCUT2D eigenvalue weighted by molar-refractivity contribution is 9.10. The summed E-state index contributed by atoms with van der Waals surface area (Å²) in [4.78, 5) is 4.91. The molecule has 0 amide bonds. The lowest BCUT2D eigenvalue weighted by molar-refractivity contribution is 0.477. The van der Waals surface area contributed by atoms with Crippen molar-refractivity contribution in [1.82, 2.24) is 19.3 Å². The molecule has 0 fully saturated rings. The predicted molar refractivity (Wildman–Crippen MR) is 160 cm³/mol. The third kappa shape index (κ3) is 5.29. The van der Waals surface area contributed by atoms with Crippen molar-refractivity contribution in [2.24, 2.45) is 0 Å². The third-order valence-corrected chi connectivity index (χ3v) is 8.53. The predicted octanol–water partition coefficient (Wildman–Crippen LogP) is 6.11. The maximum Gasteiger partial charge on any atom is 0.240 e. The number of aromatic nitrogens is 3. The van der Waals surface area contributed by atoms with Gasteiger partial charge in [0.2, 0.25) is 10.0 Å². The Morgan fingerprint density at radius 2 is 1.57 bits per heavy atom. The van der Waals surface area contributed by atoms with Gasteiger partial charge in [-0.15, -0.1) is 0 Å². The van der Waals surface area contributed by atoms with E-state index in [-0.39, 0.29) is 17.2 Å². The number of hydrogen-bond donors (Lipinski definition) is 3. The van der Waals surface area contributed by atoms with Crippen LogP contribution in [0.25, 0.3) is 27.7 Å². The van der Waals surface area contributed by atoms with Crippen LogP contribution in [0.5, 0.6) is 5.75 Å². The molecule has 0 unspecified atom stereocenters. The van der Waals surface area contributed by atoms with Crippen molar-refractivity contribution in [2.75, 3.05) is 5.32 Å². The van der Waals surface area contributed by atoms with Gasteiger partial charge in [0.25, 0.3) is 0 Å². The molecule has 0 aliphatic heterocycles. The van der Waals surface area contributed by atoms with E-state index in [1.165, 1.54) is 0 Å². The van der Waals surface area contributed by atoms with Gasteiger partial charge >= 0.3 is 0 Å². The Morgan fingerprint density at radius 1 is 0.825 bits per heavy atom. The lowest BCUT2D eigenvalue weighted by Crippen LogP contribution is -2.23. The van der Waals surface area contributed by atoms with E-state index in [4.69, 9.17) is 0 Å². The van der Waals surface area contributed by atoms with Crippen LogP contribution in [0.15, 0.2) is 113 Å². The van der Waals surface area contributed by atoms with Gasteiger partial charge in [0, 0.05) is 24.7 Å². The average Bonchev–Trinajstić information content (AvgIpc) is 3.35. The Kier molecular flexibility index (Phi) is 6.97. The first kappa shape index (κ1) is 26.0. The van der Waals surface area contributed by atoms with Crippen molar-refractivity contribution < 1.29 is 13.5 Å². The van der Waals surface area contributed by atoms with Crippen LogP contribution in [0.4, 0.5) is 5.82 Å². The van der Waals surface area contributed by atoms with Gasteiger partial charge in [-0.1, -0.05) is 66.7 Å². The molecule has 0 aliphatic rings. The van der Waals surface area contributed by atoms with E-state index >= 15 is 0 Å². The smallest absolute Gasteiger partial charge is 0.240 e. The van der Waals surface area contributed by atoms with Crippen LogP contribution in [0.1, 0.15) is 11.1 Å². The minimum absolute atomic E-state index is 0.139. The lowest BCUT2D eigenvalue weighted by Gasteiger charge is -2.13. The highest BCUT2D eigenvalue weighted by atomic mass is 79.9. The van der Waals surface area contributed by atoms with Crippen molar-refractivity contribution >= 4 is 48.2 Å². The molecule has 4 aromatic carbocycles. The molecule has 2 aromatic heterocycles. The van der Waals surface area contributed by atoms with Crippen LogP contribution < -0.4 is 10.0 Å². The number of para-hydroxylation sites is 1. The van der Waals surface area contributed by atoms with Gasteiger partial charge in [0.05, 0.1) is 21.3 Å². The Hall–Kier alpha value is -4.25. The fourth-order valence-electron chi connectivity index (χ4n) is 4.53. The van der Waals surface area contributed by atoms with Crippen LogP contribution >= 0.6 is 15.9 Å². The number of phenolic OH excluding ortho intramolecular Hbond substituents is 1. The summed E-state index contributed by atoms with van der Waals surface area (Å²) in [5.41, 5.74) is 3.62. The van der Waals surface area contributed by atoms with Crippen molar-refractivity contribution in [3.05, 3.63) is 119 Å².